The van der Waals surface area contributed by atoms with Gasteiger partial charge in [0, 0.05) is 31.0 Å². The average Bonchev–Trinajstić information content (AvgIpc) is 3.04. The average molecular weight is 330 g/mol. The first-order valence-corrected chi connectivity index (χ1v) is 9.06. The number of hydrogen-bond acceptors (Lipinski definition) is 4. The molecule has 0 saturated carbocycles. The number of amides is 1. The fourth-order valence-electron chi connectivity index (χ4n) is 3.13. The zero-order valence-corrected chi connectivity index (χ0v) is 14.0. The van der Waals surface area contributed by atoms with Crippen LogP contribution in [-0.4, -0.2) is 40.1 Å². The van der Waals surface area contributed by atoms with Crippen molar-refractivity contribution in [2.24, 2.45) is 0 Å². The third-order valence-electron chi connectivity index (χ3n) is 4.32. The highest BCUT2D eigenvalue weighted by molar-refractivity contribution is 7.09. The SMILES string of the molecule is O=C(c1csc(Cc2ccccc2)n1)N1CCCCC1CCO. The third kappa shape index (κ3) is 3.98. The van der Waals surface area contributed by atoms with Crippen molar-refractivity contribution in [3.05, 3.63) is 52.0 Å². The lowest BCUT2D eigenvalue weighted by Gasteiger charge is -2.35. The zero-order valence-electron chi connectivity index (χ0n) is 13.1. The molecule has 0 aliphatic carbocycles. The summed E-state index contributed by atoms with van der Waals surface area (Å²) in [5.74, 6) is 0.0127. The Labute approximate surface area is 140 Å². The van der Waals surface area contributed by atoms with Gasteiger partial charge in [-0.15, -0.1) is 11.3 Å². The summed E-state index contributed by atoms with van der Waals surface area (Å²) in [6.45, 7) is 0.903. The van der Waals surface area contributed by atoms with Gasteiger partial charge in [0.25, 0.3) is 5.91 Å². The molecule has 4 nitrogen and oxygen atoms in total. The second-order valence-electron chi connectivity index (χ2n) is 5.95. The number of aromatic nitrogens is 1. The minimum absolute atomic E-state index is 0.0127. The molecule has 1 aliphatic rings. The maximum absolute atomic E-state index is 12.7. The Hall–Kier alpha value is -1.72. The van der Waals surface area contributed by atoms with Crippen LogP contribution in [-0.2, 0) is 6.42 Å². The van der Waals surface area contributed by atoms with Crippen LogP contribution in [0.2, 0.25) is 0 Å². The van der Waals surface area contributed by atoms with E-state index in [4.69, 9.17) is 0 Å². The molecule has 5 heteroatoms. The van der Waals surface area contributed by atoms with Gasteiger partial charge in [-0.2, -0.15) is 0 Å². The van der Waals surface area contributed by atoms with E-state index in [0.717, 1.165) is 37.2 Å². The van der Waals surface area contributed by atoms with E-state index in [1.165, 1.54) is 5.56 Å². The number of carbonyl (C=O) groups excluding carboxylic acids is 1. The molecule has 1 aliphatic heterocycles. The van der Waals surface area contributed by atoms with Crippen molar-refractivity contribution in [2.45, 2.75) is 38.1 Å². The minimum Gasteiger partial charge on any atom is -0.396 e. The molecule has 23 heavy (non-hydrogen) atoms. The number of aliphatic hydroxyl groups is 1. The first kappa shape index (κ1) is 16.1. The molecule has 0 bridgehead atoms. The van der Waals surface area contributed by atoms with Crippen LogP contribution >= 0.6 is 11.3 Å². The number of carbonyl (C=O) groups is 1. The summed E-state index contributed by atoms with van der Waals surface area (Å²) in [4.78, 5) is 19.2. The summed E-state index contributed by atoms with van der Waals surface area (Å²) in [5.41, 5.74) is 1.75. The van der Waals surface area contributed by atoms with Crippen LogP contribution < -0.4 is 0 Å². The van der Waals surface area contributed by atoms with Gasteiger partial charge in [-0.25, -0.2) is 4.98 Å². The molecule has 0 spiro atoms. The maximum atomic E-state index is 12.7. The molecule has 1 aromatic carbocycles. The van der Waals surface area contributed by atoms with E-state index in [1.807, 2.05) is 28.5 Å². The first-order chi connectivity index (χ1) is 11.3. The van der Waals surface area contributed by atoms with E-state index < -0.39 is 0 Å². The van der Waals surface area contributed by atoms with Gasteiger partial charge in [-0.3, -0.25) is 4.79 Å². The molecule has 2 aromatic rings. The van der Waals surface area contributed by atoms with Crippen molar-refractivity contribution in [2.75, 3.05) is 13.2 Å². The fourth-order valence-corrected chi connectivity index (χ4v) is 3.93. The van der Waals surface area contributed by atoms with E-state index in [0.29, 0.717) is 12.1 Å². The van der Waals surface area contributed by atoms with Crippen LogP contribution in [0.4, 0.5) is 0 Å². The van der Waals surface area contributed by atoms with Gasteiger partial charge in [-0.1, -0.05) is 30.3 Å². The summed E-state index contributed by atoms with van der Waals surface area (Å²) in [6.07, 6.45) is 4.57. The molecule has 1 aromatic heterocycles. The molecule has 1 unspecified atom stereocenters. The first-order valence-electron chi connectivity index (χ1n) is 8.18. The lowest BCUT2D eigenvalue weighted by atomic mass is 9.99. The molecule has 3 rings (SSSR count). The highest BCUT2D eigenvalue weighted by atomic mass is 32.1. The van der Waals surface area contributed by atoms with Gasteiger partial charge in [0.05, 0.1) is 5.01 Å². The number of aliphatic hydroxyl groups excluding tert-OH is 1. The fraction of sp³-hybridized carbons (Fsp3) is 0.444. The monoisotopic (exact) mass is 330 g/mol. The predicted octanol–water partition coefficient (Wildman–Crippen LogP) is 3.11. The molecule has 1 atom stereocenters. The normalized spacial score (nSPS) is 18.1. The van der Waals surface area contributed by atoms with Gasteiger partial charge in [-0.05, 0) is 31.2 Å². The van der Waals surface area contributed by atoms with Crippen molar-refractivity contribution >= 4 is 17.2 Å². The van der Waals surface area contributed by atoms with Crippen molar-refractivity contribution in [3.8, 4) is 0 Å². The quantitative estimate of drug-likeness (QED) is 0.916. The summed E-state index contributed by atoms with van der Waals surface area (Å²) in [7, 11) is 0. The number of rotatable bonds is 5. The summed E-state index contributed by atoms with van der Waals surface area (Å²) < 4.78 is 0. The summed E-state index contributed by atoms with van der Waals surface area (Å²) >= 11 is 1.54. The minimum atomic E-state index is 0.0127. The molecule has 1 fully saturated rings. The Kier molecular flexibility index (Phi) is 5.41. The highest BCUT2D eigenvalue weighted by Gasteiger charge is 2.28. The van der Waals surface area contributed by atoms with Crippen molar-refractivity contribution in [1.29, 1.82) is 0 Å². The van der Waals surface area contributed by atoms with Crippen LogP contribution in [0.5, 0.6) is 0 Å². The molecule has 1 N–H and O–H groups in total. The lowest BCUT2D eigenvalue weighted by molar-refractivity contribution is 0.0569. The smallest absolute Gasteiger partial charge is 0.273 e. The van der Waals surface area contributed by atoms with E-state index in [9.17, 15) is 9.90 Å². The van der Waals surface area contributed by atoms with Crippen molar-refractivity contribution in [1.82, 2.24) is 9.88 Å². The molecular weight excluding hydrogens is 308 g/mol. The number of piperidine rings is 1. The van der Waals surface area contributed by atoms with Crippen LogP contribution in [0, 0.1) is 0 Å². The van der Waals surface area contributed by atoms with E-state index >= 15 is 0 Å². The lowest BCUT2D eigenvalue weighted by Crippen LogP contribution is -2.44. The Morgan fingerprint density at radius 2 is 2.13 bits per heavy atom. The Bertz CT molecular complexity index is 639. The number of hydrogen-bond donors (Lipinski definition) is 1. The number of thiazole rings is 1. The highest BCUT2D eigenvalue weighted by Crippen LogP contribution is 2.23. The van der Waals surface area contributed by atoms with E-state index in [1.54, 1.807) is 11.3 Å². The second-order valence-corrected chi connectivity index (χ2v) is 6.89. The largest absolute Gasteiger partial charge is 0.396 e. The van der Waals surface area contributed by atoms with Gasteiger partial charge >= 0.3 is 0 Å². The van der Waals surface area contributed by atoms with Gasteiger partial charge in [0.2, 0.25) is 0 Å². The number of benzene rings is 1. The summed E-state index contributed by atoms with van der Waals surface area (Å²) in [6, 6.07) is 10.3. The van der Waals surface area contributed by atoms with Crippen molar-refractivity contribution < 1.29 is 9.90 Å². The Morgan fingerprint density at radius 1 is 1.30 bits per heavy atom. The maximum Gasteiger partial charge on any atom is 0.273 e. The number of likely N-dealkylation sites (tertiary alicyclic amines) is 1. The topological polar surface area (TPSA) is 53.4 Å². The second kappa shape index (κ2) is 7.70. The third-order valence-corrected chi connectivity index (χ3v) is 5.17. The Morgan fingerprint density at radius 3 is 2.91 bits per heavy atom. The predicted molar refractivity (Wildman–Crippen MR) is 91.7 cm³/mol. The zero-order chi connectivity index (χ0) is 16.1. The van der Waals surface area contributed by atoms with Gasteiger partial charge < -0.3 is 10.0 Å². The van der Waals surface area contributed by atoms with Gasteiger partial charge in [0.15, 0.2) is 0 Å². The van der Waals surface area contributed by atoms with E-state index in [2.05, 4.69) is 17.1 Å². The van der Waals surface area contributed by atoms with Crippen LogP contribution in [0.25, 0.3) is 0 Å². The van der Waals surface area contributed by atoms with Crippen LogP contribution in [0.1, 0.15) is 46.7 Å². The van der Waals surface area contributed by atoms with E-state index in [-0.39, 0.29) is 18.6 Å². The molecule has 122 valence electrons. The molecule has 1 amide bonds. The molecule has 2 heterocycles. The van der Waals surface area contributed by atoms with Crippen molar-refractivity contribution in [3.63, 3.8) is 0 Å². The molecular formula is C18H22N2O2S. The Balaban J connectivity index is 1.70. The standard InChI is InChI=1S/C18H22N2O2S/c21-11-9-15-8-4-5-10-20(15)18(22)16-13-23-17(19-16)12-14-6-2-1-3-7-14/h1-3,6-7,13,15,21H,4-5,8-12H2. The molecule has 1 saturated heterocycles. The number of nitrogens with zero attached hydrogens (tertiary/aromatic N) is 2. The van der Waals surface area contributed by atoms with Crippen LogP contribution in [0.3, 0.4) is 0 Å². The van der Waals surface area contributed by atoms with Gasteiger partial charge in [0.1, 0.15) is 5.69 Å². The molecule has 0 radical (unpaired) electrons. The van der Waals surface area contributed by atoms with Crippen LogP contribution in [0.15, 0.2) is 35.7 Å². The summed E-state index contributed by atoms with van der Waals surface area (Å²) in [5, 5.41) is 12.0.